The molecule has 0 aliphatic carbocycles. The van der Waals surface area contributed by atoms with Gasteiger partial charge in [-0.3, -0.25) is 0 Å². The van der Waals surface area contributed by atoms with Crippen LogP contribution in [0.5, 0.6) is 0 Å². The van der Waals surface area contributed by atoms with Crippen molar-refractivity contribution in [3.63, 3.8) is 0 Å². The molecule has 0 radical (unpaired) electrons. The molecule has 3 nitrogen and oxygen atoms in total. The van der Waals surface area contributed by atoms with Crippen molar-refractivity contribution in [2.45, 2.75) is 62.8 Å². The maximum absolute atomic E-state index is 12.9. The highest BCUT2D eigenvalue weighted by Crippen LogP contribution is 2.26. The molecule has 5 heteroatoms. The number of alkyl halides is 1. The predicted molar refractivity (Wildman–Crippen MR) is 87.2 cm³/mol. The first-order chi connectivity index (χ1) is 10.0. The standard InChI is InChI=1S/C16H24ClNO2S/c1-3-14-8-9-16(11-15(14)12-17)21(19,20)18-10-6-4-5-7-13(18)2/h8-9,11,13H,3-7,10,12H2,1-2H3. The summed E-state index contributed by atoms with van der Waals surface area (Å²) in [5.41, 5.74) is 2.04. The molecule has 0 N–H and O–H groups in total. The lowest BCUT2D eigenvalue weighted by molar-refractivity contribution is 0.342. The third kappa shape index (κ3) is 3.61. The van der Waals surface area contributed by atoms with E-state index in [0.29, 0.717) is 17.3 Å². The topological polar surface area (TPSA) is 37.4 Å². The molecule has 1 aromatic carbocycles. The van der Waals surface area contributed by atoms with E-state index in [4.69, 9.17) is 11.6 Å². The number of aryl methyl sites for hydroxylation is 1. The van der Waals surface area contributed by atoms with E-state index >= 15 is 0 Å². The average molecular weight is 330 g/mol. The van der Waals surface area contributed by atoms with Crippen molar-refractivity contribution in [2.75, 3.05) is 6.54 Å². The summed E-state index contributed by atoms with van der Waals surface area (Å²) in [5.74, 6) is 0.349. The minimum atomic E-state index is -3.42. The third-order valence-corrected chi connectivity index (χ3v) is 6.60. The highest BCUT2D eigenvalue weighted by Gasteiger charge is 2.30. The van der Waals surface area contributed by atoms with Crippen molar-refractivity contribution < 1.29 is 8.42 Å². The molecule has 1 atom stereocenters. The van der Waals surface area contributed by atoms with Crippen LogP contribution in [0.4, 0.5) is 0 Å². The summed E-state index contributed by atoms with van der Waals surface area (Å²) in [4.78, 5) is 0.379. The first kappa shape index (κ1) is 16.8. The highest BCUT2D eigenvalue weighted by atomic mass is 35.5. The Hall–Kier alpha value is -0.580. The molecule has 1 aliphatic heterocycles. The lowest BCUT2D eigenvalue weighted by Gasteiger charge is -2.26. The molecule has 2 rings (SSSR count). The Kier molecular flexibility index (Phi) is 5.69. The van der Waals surface area contributed by atoms with Gasteiger partial charge < -0.3 is 0 Å². The van der Waals surface area contributed by atoms with E-state index in [1.165, 1.54) is 0 Å². The first-order valence-electron chi connectivity index (χ1n) is 7.70. The number of rotatable bonds is 4. The summed E-state index contributed by atoms with van der Waals surface area (Å²) < 4.78 is 27.5. The number of sulfonamides is 1. The Morgan fingerprint density at radius 1 is 1.24 bits per heavy atom. The number of nitrogens with zero attached hydrogens (tertiary/aromatic N) is 1. The van der Waals surface area contributed by atoms with E-state index in [1.54, 1.807) is 16.4 Å². The van der Waals surface area contributed by atoms with Crippen LogP contribution < -0.4 is 0 Å². The molecule has 118 valence electrons. The lowest BCUT2D eigenvalue weighted by Crippen LogP contribution is -2.38. The lowest BCUT2D eigenvalue weighted by atomic mass is 10.1. The highest BCUT2D eigenvalue weighted by molar-refractivity contribution is 7.89. The molecule has 0 aromatic heterocycles. The quantitative estimate of drug-likeness (QED) is 0.784. The summed E-state index contributed by atoms with van der Waals surface area (Å²) in [5, 5.41) is 0. The van der Waals surface area contributed by atoms with Gasteiger partial charge in [-0.15, -0.1) is 11.6 Å². The molecule has 0 bridgehead atoms. The van der Waals surface area contributed by atoms with Crippen LogP contribution in [0.3, 0.4) is 0 Å². The van der Waals surface area contributed by atoms with Crippen molar-refractivity contribution in [3.8, 4) is 0 Å². The van der Waals surface area contributed by atoms with Crippen LogP contribution in [0.1, 0.15) is 50.7 Å². The van der Waals surface area contributed by atoms with Gasteiger partial charge in [0, 0.05) is 18.5 Å². The van der Waals surface area contributed by atoms with Crippen LogP contribution in [0.15, 0.2) is 23.1 Å². The van der Waals surface area contributed by atoms with Crippen LogP contribution in [0.2, 0.25) is 0 Å². The van der Waals surface area contributed by atoms with Gasteiger partial charge in [-0.05, 0) is 49.4 Å². The second-order valence-corrected chi connectivity index (χ2v) is 7.89. The molecule has 1 saturated heterocycles. The van der Waals surface area contributed by atoms with E-state index in [-0.39, 0.29) is 6.04 Å². The maximum atomic E-state index is 12.9. The number of hydrogen-bond donors (Lipinski definition) is 0. The molecular weight excluding hydrogens is 306 g/mol. The maximum Gasteiger partial charge on any atom is 0.243 e. The molecule has 0 saturated carbocycles. The van der Waals surface area contributed by atoms with Crippen molar-refractivity contribution in [3.05, 3.63) is 29.3 Å². The molecule has 0 spiro atoms. The van der Waals surface area contributed by atoms with Crippen LogP contribution in [-0.4, -0.2) is 25.3 Å². The van der Waals surface area contributed by atoms with Gasteiger partial charge in [0.1, 0.15) is 0 Å². The van der Waals surface area contributed by atoms with E-state index in [2.05, 4.69) is 6.92 Å². The molecule has 0 amide bonds. The Morgan fingerprint density at radius 3 is 2.67 bits per heavy atom. The third-order valence-electron chi connectivity index (χ3n) is 4.30. The van der Waals surface area contributed by atoms with Crippen molar-refractivity contribution in [1.29, 1.82) is 0 Å². The van der Waals surface area contributed by atoms with Gasteiger partial charge in [0.15, 0.2) is 0 Å². The van der Waals surface area contributed by atoms with E-state index in [0.717, 1.165) is 43.2 Å². The fourth-order valence-electron chi connectivity index (χ4n) is 2.97. The molecule has 1 fully saturated rings. The summed E-state index contributed by atoms with van der Waals surface area (Å²) in [7, 11) is -3.42. The minimum Gasteiger partial charge on any atom is -0.207 e. The summed E-state index contributed by atoms with van der Waals surface area (Å²) >= 11 is 5.97. The Morgan fingerprint density at radius 2 is 2.00 bits per heavy atom. The molecular formula is C16H24ClNO2S. The zero-order valence-corrected chi connectivity index (χ0v) is 14.4. The average Bonchev–Trinajstić information content (AvgIpc) is 2.71. The largest absolute Gasteiger partial charge is 0.243 e. The fraction of sp³-hybridized carbons (Fsp3) is 0.625. The zero-order valence-electron chi connectivity index (χ0n) is 12.8. The number of benzene rings is 1. The Bertz CT molecular complexity index is 586. The monoisotopic (exact) mass is 329 g/mol. The van der Waals surface area contributed by atoms with Crippen molar-refractivity contribution in [1.82, 2.24) is 4.31 Å². The first-order valence-corrected chi connectivity index (χ1v) is 9.67. The summed E-state index contributed by atoms with van der Waals surface area (Å²) in [6.45, 7) is 4.68. The van der Waals surface area contributed by atoms with Gasteiger partial charge in [0.05, 0.1) is 4.90 Å². The van der Waals surface area contributed by atoms with Gasteiger partial charge >= 0.3 is 0 Å². The van der Waals surface area contributed by atoms with Crippen LogP contribution >= 0.6 is 11.6 Å². The summed E-state index contributed by atoms with van der Waals surface area (Å²) in [6, 6.07) is 5.44. The van der Waals surface area contributed by atoms with Crippen molar-refractivity contribution >= 4 is 21.6 Å². The molecule has 21 heavy (non-hydrogen) atoms. The molecule has 1 aliphatic rings. The van der Waals surface area contributed by atoms with E-state index < -0.39 is 10.0 Å². The zero-order chi connectivity index (χ0) is 15.5. The molecule has 1 heterocycles. The Labute approximate surface area is 133 Å². The smallest absolute Gasteiger partial charge is 0.207 e. The molecule has 1 unspecified atom stereocenters. The minimum absolute atomic E-state index is 0.0720. The molecule has 1 aromatic rings. The van der Waals surface area contributed by atoms with E-state index in [1.807, 2.05) is 13.0 Å². The van der Waals surface area contributed by atoms with Crippen LogP contribution in [-0.2, 0) is 22.3 Å². The van der Waals surface area contributed by atoms with Gasteiger partial charge in [-0.1, -0.05) is 25.8 Å². The van der Waals surface area contributed by atoms with E-state index in [9.17, 15) is 8.42 Å². The normalized spacial score (nSPS) is 21.2. The van der Waals surface area contributed by atoms with Gasteiger partial charge in [0.2, 0.25) is 10.0 Å². The second kappa shape index (κ2) is 7.12. The predicted octanol–water partition coefficient (Wildman–Crippen LogP) is 3.94. The van der Waals surface area contributed by atoms with Gasteiger partial charge in [-0.25, -0.2) is 8.42 Å². The van der Waals surface area contributed by atoms with Crippen LogP contribution in [0.25, 0.3) is 0 Å². The second-order valence-electron chi connectivity index (χ2n) is 5.73. The van der Waals surface area contributed by atoms with Crippen LogP contribution in [0, 0.1) is 0 Å². The SMILES string of the molecule is CCc1ccc(S(=O)(=O)N2CCCCCC2C)cc1CCl. The van der Waals surface area contributed by atoms with Gasteiger partial charge in [0.25, 0.3) is 0 Å². The fourth-order valence-corrected chi connectivity index (χ4v) is 4.97. The van der Waals surface area contributed by atoms with Gasteiger partial charge in [-0.2, -0.15) is 4.31 Å². The summed E-state index contributed by atoms with van der Waals surface area (Å²) in [6.07, 6.45) is 4.96. The van der Waals surface area contributed by atoms with Crippen molar-refractivity contribution in [2.24, 2.45) is 0 Å². The number of hydrogen-bond acceptors (Lipinski definition) is 2. The Balaban J connectivity index is 2.38. The number of halogens is 1.